The van der Waals surface area contributed by atoms with Crippen LogP contribution in [0, 0.1) is 0 Å². The number of benzene rings is 3. The van der Waals surface area contributed by atoms with Crippen LogP contribution in [-0.2, 0) is 11.2 Å². The number of hydrogen-bond acceptors (Lipinski definition) is 2. The van der Waals surface area contributed by atoms with Crippen LogP contribution in [0.15, 0.2) is 66.7 Å². The van der Waals surface area contributed by atoms with Crippen molar-refractivity contribution in [2.75, 3.05) is 10.6 Å². The van der Waals surface area contributed by atoms with Crippen LogP contribution in [0.2, 0.25) is 0 Å². The third-order valence-electron chi connectivity index (χ3n) is 4.57. The van der Waals surface area contributed by atoms with Crippen molar-refractivity contribution in [3.63, 3.8) is 0 Å². The van der Waals surface area contributed by atoms with Crippen molar-refractivity contribution in [2.24, 2.45) is 0 Å². The minimum Gasteiger partial charge on any atom is -0.335 e. The Labute approximate surface area is 157 Å². The first-order valence-electron chi connectivity index (χ1n) is 9.11. The maximum absolute atomic E-state index is 12.4. The second kappa shape index (κ2) is 7.50. The van der Waals surface area contributed by atoms with Crippen molar-refractivity contribution in [3.8, 4) is 0 Å². The maximum Gasteiger partial charge on any atom is 0.319 e. The molecule has 3 N–H and O–H groups in total. The SMILES string of the molecule is O=C(Cc1cccc2ccccc12)Nc1ccc(NC(=O)NC2CC2)cc1. The second-order valence-corrected chi connectivity index (χ2v) is 6.81. The Balaban J connectivity index is 1.36. The fourth-order valence-corrected chi connectivity index (χ4v) is 3.04. The van der Waals surface area contributed by atoms with Crippen molar-refractivity contribution in [1.82, 2.24) is 5.32 Å². The molecule has 0 radical (unpaired) electrons. The van der Waals surface area contributed by atoms with E-state index in [0.29, 0.717) is 23.8 Å². The average Bonchev–Trinajstić information content (AvgIpc) is 3.47. The molecule has 0 spiro atoms. The molecule has 3 aromatic rings. The predicted molar refractivity (Wildman–Crippen MR) is 108 cm³/mol. The van der Waals surface area contributed by atoms with Crippen LogP contribution in [-0.4, -0.2) is 18.0 Å². The van der Waals surface area contributed by atoms with Crippen LogP contribution >= 0.6 is 0 Å². The third-order valence-corrected chi connectivity index (χ3v) is 4.57. The summed E-state index contributed by atoms with van der Waals surface area (Å²) >= 11 is 0. The van der Waals surface area contributed by atoms with Gasteiger partial charge in [0.15, 0.2) is 0 Å². The number of rotatable bonds is 5. The van der Waals surface area contributed by atoms with E-state index >= 15 is 0 Å². The van der Waals surface area contributed by atoms with Crippen LogP contribution in [0.4, 0.5) is 16.2 Å². The fourth-order valence-electron chi connectivity index (χ4n) is 3.04. The van der Waals surface area contributed by atoms with Crippen molar-refractivity contribution >= 4 is 34.1 Å². The van der Waals surface area contributed by atoms with E-state index in [-0.39, 0.29) is 11.9 Å². The molecule has 4 rings (SSSR count). The molecule has 0 aromatic heterocycles. The first-order valence-corrected chi connectivity index (χ1v) is 9.11. The number of anilines is 2. The van der Waals surface area contributed by atoms with E-state index in [1.165, 1.54) is 0 Å². The lowest BCUT2D eigenvalue weighted by molar-refractivity contribution is -0.115. The molecule has 0 bridgehead atoms. The van der Waals surface area contributed by atoms with Gasteiger partial charge in [-0.15, -0.1) is 0 Å². The smallest absolute Gasteiger partial charge is 0.319 e. The molecule has 5 nitrogen and oxygen atoms in total. The fraction of sp³-hybridized carbons (Fsp3) is 0.182. The van der Waals surface area contributed by atoms with Crippen LogP contribution in [0.1, 0.15) is 18.4 Å². The lowest BCUT2D eigenvalue weighted by Crippen LogP contribution is -2.30. The van der Waals surface area contributed by atoms with E-state index in [9.17, 15) is 9.59 Å². The number of amides is 3. The van der Waals surface area contributed by atoms with Crippen molar-refractivity contribution in [1.29, 1.82) is 0 Å². The Bertz CT molecular complexity index is 973. The molecule has 0 unspecified atom stereocenters. The first-order chi connectivity index (χ1) is 13.2. The Morgan fingerprint density at radius 2 is 1.48 bits per heavy atom. The summed E-state index contributed by atoms with van der Waals surface area (Å²) in [5, 5.41) is 10.8. The molecule has 1 fully saturated rings. The molecule has 1 aliphatic rings. The maximum atomic E-state index is 12.4. The molecule has 0 heterocycles. The molecule has 1 aliphatic carbocycles. The molecule has 1 saturated carbocycles. The number of fused-ring (bicyclic) bond motifs is 1. The zero-order valence-corrected chi connectivity index (χ0v) is 14.9. The summed E-state index contributed by atoms with van der Waals surface area (Å²) in [5.74, 6) is -0.0708. The summed E-state index contributed by atoms with van der Waals surface area (Å²) in [6.45, 7) is 0. The van der Waals surface area contributed by atoms with Gasteiger partial charge in [0, 0.05) is 17.4 Å². The third kappa shape index (κ3) is 4.44. The van der Waals surface area contributed by atoms with E-state index in [4.69, 9.17) is 0 Å². The summed E-state index contributed by atoms with van der Waals surface area (Å²) < 4.78 is 0. The highest BCUT2D eigenvalue weighted by Crippen LogP contribution is 2.21. The highest BCUT2D eigenvalue weighted by atomic mass is 16.2. The Morgan fingerprint density at radius 3 is 2.22 bits per heavy atom. The van der Waals surface area contributed by atoms with Gasteiger partial charge in [0.05, 0.1) is 6.42 Å². The number of carbonyl (C=O) groups excluding carboxylic acids is 2. The van der Waals surface area contributed by atoms with E-state index < -0.39 is 0 Å². The van der Waals surface area contributed by atoms with Gasteiger partial charge >= 0.3 is 6.03 Å². The normalized spacial score (nSPS) is 13.2. The summed E-state index contributed by atoms with van der Waals surface area (Å²) in [4.78, 5) is 24.2. The van der Waals surface area contributed by atoms with Crippen molar-refractivity contribution < 1.29 is 9.59 Å². The lowest BCUT2D eigenvalue weighted by atomic mass is 10.0. The Morgan fingerprint density at radius 1 is 0.815 bits per heavy atom. The van der Waals surface area contributed by atoms with Gasteiger partial charge in [-0.05, 0) is 53.4 Å². The Hall–Kier alpha value is -3.34. The minimum atomic E-state index is -0.190. The van der Waals surface area contributed by atoms with E-state index in [2.05, 4.69) is 16.0 Å². The van der Waals surface area contributed by atoms with Crippen LogP contribution < -0.4 is 16.0 Å². The standard InChI is InChI=1S/C22H21N3O2/c26-21(14-16-6-3-5-15-4-1-2-7-20(15)16)23-17-8-10-18(11-9-17)24-22(27)25-19-12-13-19/h1-11,19H,12-14H2,(H,23,26)(H2,24,25,27). The number of urea groups is 1. The highest BCUT2D eigenvalue weighted by molar-refractivity contribution is 5.96. The molecule has 136 valence electrons. The molecular weight excluding hydrogens is 338 g/mol. The molecule has 0 aliphatic heterocycles. The van der Waals surface area contributed by atoms with E-state index in [1.807, 2.05) is 42.5 Å². The number of hydrogen-bond donors (Lipinski definition) is 3. The van der Waals surface area contributed by atoms with Crippen molar-refractivity contribution in [3.05, 3.63) is 72.3 Å². The summed E-state index contributed by atoms with van der Waals surface area (Å²) in [7, 11) is 0. The molecule has 3 aromatic carbocycles. The lowest BCUT2D eigenvalue weighted by Gasteiger charge is -2.10. The number of nitrogens with one attached hydrogen (secondary N) is 3. The Kier molecular flexibility index (Phi) is 4.75. The van der Waals surface area contributed by atoms with Crippen LogP contribution in [0.3, 0.4) is 0 Å². The van der Waals surface area contributed by atoms with E-state index in [0.717, 1.165) is 29.2 Å². The minimum absolute atomic E-state index is 0.0708. The van der Waals surface area contributed by atoms with Gasteiger partial charge in [0.25, 0.3) is 0 Å². The van der Waals surface area contributed by atoms with Crippen LogP contribution in [0.5, 0.6) is 0 Å². The topological polar surface area (TPSA) is 70.2 Å². The van der Waals surface area contributed by atoms with E-state index in [1.54, 1.807) is 24.3 Å². The number of carbonyl (C=O) groups is 2. The second-order valence-electron chi connectivity index (χ2n) is 6.81. The summed E-state index contributed by atoms with van der Waals surface area (Å²) in [6.07, 6.45) is 2.41. The van der Waals surface area contributed by atoms with Crippen LogP contribution in [0.25, 0.3) is 10.8 Å². The van der Waals surface area contributed by atoms with Gasteiger partial charge in [-0.2, -0.15) is 0 Å². The molecule has 5 heteroatoms. The van der Waals surface area contributed by atoms with Gasteiger partial charge in [0.1, 0.15) is 0 Å². The summed E-state index contributed by atoms with van der Waals surface area (Å²) in [5.41, 5.74) is 2.40. The quantitative estimate of drug-likeness (QED) is 0.635. The largest absolute Gasteiger partial charge is 0.335 e. The average molecular weight is 359 g/mol. The predicted octanol–water partition coefficient (Wildman–Crippen LogP) is 4.30. The van der Waals surface area contributed by atoms with Crippen molar-refractivity contribution in [2.45, 2.75) is 25.3 Å². The zero-order valence-electron chi connectivity index (χ0n) is 14.9. The van der Waals surface area contributed by atoms with Gasteiger partial charge < -0.3 is 16.0 Å². The molecular formula is C22H21N3O2. The summed E-state index contributed by atoms with van der Waals surface area (Å²) in [6, 6.07) is 21.3. The first kappa shape index (κ1) is 17.1. The molecule has 27 heavy (non-hydrogen) atoms. The molecule has 3 amide bonds. The van der Waals surface area contributed by atoms with Gasteiger partial charge in [0.2, 0.25) is 5.91 Å². The molecule has 0 saturated heterocycles. The van der Waals surface area contributed by atoms with Gasteiger partial charge in [-0.1, -0.05) is 42.5 Å². The van der Waals surface area contributed by atoms with Gasteiger partial charge in [-0.3, -0.25) is 4.79 Å². The molecule has 0 atom stereocenters. The zero-order chi connectivity index (χ0) is 18.6. The van der Waals surface area contributed by atoms with Gasteiger partial charge in [-0.25, -0.2) is 4.79 Å². The monoisotopic (exact) mass is 359 g/mol. The highest BCUT2D eigenvalue weighted by Gasteiger charge is 2.23.